The third-order valence-electron chi connectivity index (χ3n) is 3.87. The molecule has 3 atom stereocenters. The predicted molar refractivity (Wildman–Crippen MR) is 103 cm³/mol. The van der Waals surface area contributed by atoms with E-state index in [1.54, 1.807) is 13.8 Å². The Morgan fingerprint density at radius 2 is 1.89 bits per heavy atom. The Morgan fingerprint density at radius 3 is 2.39 bits per heavy atom. The van der Waals surface area contributed by atoms with Gasteiger partial charge in [0, 0.05) is 24.1 Å². The van der Waals surface area contributed by atoms with Crippen LogP contribution in [0, 0.1) is 5.92 Å². The maximum Gasteiger partial charge on any atom is 0.326 e. The number of carbonyl (C=O) groups excluding carboxylic acids is 3. The van der Waals surface area contributed by atoms with Crippen molar-refractivity contribution in [3.05, 3.63) is 18.2 Å². The summed E-state index contributed by atoms with van der Waals surface area (Å²) in [6, 6.07) is -3.04. The van der Waals surface area contributed by atoms with E-state index in [1.165, 1.54) is 12.5 Å². The Labute approximate surface area is 167 Å². The van der Waals surface area contributed by atoms with Crippen LogP contribution in [0.4, 0.5) is 0 Å². The van der Waals surface area contributed by atoms with Gasteiger partial charge >= 0.3 is 5.97 Å². The molecule has 28 heavy (non-hydrogen) atoms. The van der Waals surface area contributed by atoms with E-state index in [9.17, 15) is 24.3 Å². The number of aliphatic carboxylic acids is 1. The standard InChI is InChI=1S/C16H26N6O5S/c1-8(2)13(17)15(25)19-5-12(23)21-11(6-28)14(24)22-10(16(26)27)3-9-4-18-7-20-9/h4,7-8,10-11,13,28H,3,5-6,17H2,1-2H3,(H,18,20)(H,19,25)(H,21,23)(H,22,24)(H,26,27). The van der Waals surface area contributed by atoms with Crippen molar-refractivity contribution in [2.75, 3.05) is 12.3 Å². The summed E-state index contributed by atoms with van der Waals surface area (Å²) < 4.78 is 0. The molecule has 0 aliphatic carbocycles. The molecule has 12 heteroatoms. The summed E-state index contributed by atoms with van der Waals surface area (Å²) >= 11 is 4.01. The number of nitrogens with two attached hydrogens (primary N) is 1. The molecule has 1 heterocycles. The number of rotatable bonds is 11. The summed E-state index contributed by atoms with van der Waals surface area (Å²) in [5.74, 6) is -3.21. The molecule has 3 amide bonds. The zero-order chi connectivity index (χ0) is 21.3. The SMILES string of the molecule is CC(C)C(N)C(=O)NCC(=O)NC(CS)C(=O)NC(Cc1cnc[nH]1)C(=O)O. The number of carbonyl (C=O) groups is 4. The molecule has 0 aromatic carbocycles. The van der Waals surface area contributed by atoms with Crippen molar-refractivity contribution in [3.63, 3.8) is 0 Å². The molecular formula is C16H26N6O5S. The number of H-pyrrole nitrogens is 1. The molecule has 0 saturated heterocycles. The van der Waals surface area contributed by atoms with Crippen LogP contribution in [-0.2, 0) is 25.6 Å². The van der Waals surface area contributed by atoms with Crippen molar-refractivity contribution in [1.82, 2.24) is 25.9 Å². The molecule has 0 spiro atoms. The minimum Gasteiger partial charge on any atom is -0.480 e. The lowest BCUT2D eigenvalue weighted by atomic mass is 10.1. The van der Waals surface area contributed by atoms with Crippen LogP contribution in [0.3, 0.4) is 0 Å². The predicted octanol–water partition coefficient (Wildman–Crippen LogP) is -1.96. The smallest absolute Gasteiger partial charge is 0.326 e. The van der Waals surface area contributed by atoms with Gasteiger partial charge < -0.3 is 31.8 Å². The highest BCUT2D eigenvalue weighted by atomic mass is 32.1. The molecule has 0 bridgehead atoms. The summed E-state index contributed by atoms with van der Waals surface area (Å²) in [4.78, 5) is 54.0. The minimum atomic E-state index is -1.23. The Hall–Kier alpha value is -2.60. The first kappa shape index (κ1) is 23.4. The summed E-state index contributed by atoms with van der Waals surface area (Å²) in [6.07, 6.45) is 2.84. The van der Waals surface area contributed by atoms with Crippen molar-refractivity contribution >= 4 is 36.3 Å². The van der Waals surface area contributed by atoms with E-state index < -0.39 is 41.8 Å². The fourth-order valence-electron chi connectivity index (χ4n) is 2.12. The number of aromatic amines is 1. The van der Waals surface area contributed by atoms with Gasteiger partial charge in [0.05, 0.1) is 18.9 Å². The van der Waals surface area contributed by atoms with Crippen LogP contribution in [0.5, 0.6) is 0 Å². The zero-order valence-corrected chi connectivity index (χ0v) is 16.5. The van der Waals surface area contributed by atoms with Gasteiger partial charge in [-0.1, -0.05) is 13.8 Å². The van der Waals surface area contributed by atoms with E-state index in [-0.39, 0.29) is 24.6 Å². The van der Waals surface area contributed by atoms with E-state index in [2.05, 4.69) is 38.5 Å². The van der Waals surface area contributed by atoms with Gasteiger partial charge in [-0.2, -0.15) is 12.6 Å². The number of amides is 3. The Balaban J connectivity index is 2.58. The number of imidazole rings is 1. The monoisotopic (exact) mass is 414 g/mol. The van der Waals surface area contributed by atoms with E-state index in [0.29, 0.717) is 5.69 Å². The lowest BCUT2D eigenvalue weighted by molar-refractivity contribution is -0.142. The van der Waals surface area contributed by atoms with Crippen molar-refractivity contribution in [2.24, 2.45) is 11.7 Å². The largest absolute Gasteiger partial charge is 0.480 e. The fraction of sp³-hybridized carbons (Fsp3) is 0.562. The Morgan fingerprint density at radius 1 is 1.21 bits per heavy atom. The number of carboxylic acids is 1. The molecule has 7 N–H and O–H groups in total. The van der Waals surface area contributed by atoms with Crippen molar-refractivity contribution < 1.29 is 24.3 Å². The Kier molecular flexibility index (Phi) is 9.45. The molecule has 1 aromatic rings. The van der Waals surface area contributed by atoms with Gasteiger partial charge in [-0.15, -0.1) is 0 Å². The van der Waals surface area contributed by atoms with Crippen LogP contribution in [0.1, 0.15) is 19.5 Å². The van der Waals surface area contributed by atoms with Crippen LogP contribution in [-0.4, -0.2) is 69.2 Å². The molecule has 1 aromatic heterocycles. The average Bonchev–Trinajstić information content (AvgIpc) is 3.15. The molecule has 0 aliphatic heterocycles. The topological polar surface area (TPSA) is 179 Å². The normalized spacial score (nSPS) is 14.0. The molecular weight excluding hydrogens is 388 g/mol. The van der Waals surface area contributed by atoms with Gasteiger partial charge in [0.1, 0.15) is 12.1 Å². The summed E-state index contributed by atoms with van der Waals surface area (Å²) in [5.41, 5.74) is 6.21. The number of carboxylic acid groups (broad SMARTS) is 1. The molecule has 0 aliphatic rings. The fourth-order valence-corrected chi connectivity index (χ4v) is 2.37. The number of aromatic nitrogens is 2. The highest BCUT2D eigenvalue weighted by molar-refractivity contribution is 7.80. The number of thiol groups is 1. The van der Waals surface area contributed by atoms with Crippen LogP contribution in [0.25, 0.3) is 0 Å². The highest BCUT2D eigenvalue weighted by Crippen LogP contribution is 2.01. The first-order valence-electron chi connectivity index (χ1n) is 8.59. The van der Waals surface area contributed by atoms with Gasteiger partial charge in [0.15, 0.2) is 0 Å². The zero-order valence-electron chi connectivity index (χ0n) is 15.6. The van der Waals surface area contributed by atoms with E-state index in [0.717, 1.165) is 0 Å². The highest BCUT2D eigenvalue weighted by Gasteiger charge is 2.26. The molecule has 156 valence electrons. The Bertz CT molecular complexity index is 681. The quantitative estimate of drug-likeness (QED) is 0.205. The third-order valence-corrected chi connectivity index (χ3v) is 4.24. The van der Waals surface area contributed by atoms with Crippen LogP contribution < -0.4 is 21.7 Å². The van der Waals surface area contributed by atoms with Crippen LogP contribution >= 0.6 is 12.6 Å². The molecule has 11 nitrogen and oxygen atoms in total. The lowest BCUT2D eigenvalue weighted by Crippen LogP contribution is -2.55. The minimum absolute atomic E-state index is 0.00252. The van der Waals surface area contributed by atoms with Gasteiger partial charge in [0.2, 0.25) is 17.7 Å². The molecule has 0 radical (unpaired) electrons. The second kappa shape index (κ2) is 11.3. The van der Waals surface area contributed by atoms with Crippen molar-refractivity contribution in [1.29, 1.82) is 0 Å². The summed E-state index contributed by atoms with van der Waals surface area (Å²) in [6.45, 7) is 3.18. The summed E-state index contributed by atoms with van der Waals surface area (Å²) in [7, 11) is 0. The number of nitrogens with zero attached hydrogens (tertiary/aromatic N) is 1. The molecule has 0 saturated carbocycles. The van der Waals surface area contributed by atoms with Gasteiger partial charge in [-0.05, 0) is 5.92 Å². The maximum absolute atomic E-state index is 12.3. The first-order valence-corrected chi connectivity index (χ1v) is 9.22. The lowest BCUT2D eigenvalue weighted by Gasteiger charge is -2.20. The second-order valence-electron chi connectivity index (χ2n) is 6.47. The van der Waals surface area contributed by atoms with Crippen molar-refractivity contribution in [2.45, 2.75) is 38.4 Å². The average molecular weight is 414 g/mol. The second-order valence-corrected chi connectivity index (χ2v) is 6.84. The van der Waals surface area contributed by atoms with Crippen LogP contribution in [0.2, 0.25) is 0 Å². The van der Waals surface area contributed by atoms with E-state index in [1.807, 2.05) is 0 Å². The third kappa shape index (κ3) is 7.56. The number of hydrogen-bond donors (Lipinski definition) is 7. The number of hydrogen-bond acceptors (Lipinski definition) is 7. The van der Waals surface area contributed by atoms with Gasteiger partial charge in [-0.25, -0.2) is 9.78 Å². The van der Waals surface area contributed by atoms with Crippen LogP contribution in [0.15, 0.2) is 12.5 Å². The van der Waals surface area contributed by atoms with E-state index >= 15 is 0 Å². The van der Waals surface area contributed by atoms with Gasteiger partial charge in [0.25, 0.3) is 0 Å². The molecule has 3 unspecified atom stereocenters. The van der Waals surface area contributed by atoms with E-state index in [4.69, 9.17) is 5.73 Å². The molecule has 1 rings (SSSR count). The first-order chi connectivity index (χ1) is 13.1. The molecule has 0 fully saturated rings. The van der Waals surface area contributed by atoms with Crippen molar-refractivity contribution in [3.8, 4) is 0 Å². The number of nitrogens with one attached hydrogen (secondary N) is 4. The van der Waals surface area contributed by atoms with Gasteiger partial charge in [-0.3, -0.25) is 14.4 Å². The maximum atomic E-state index is 12.3. The summed E-state index contributed by atoms with van der Waals surface area (Å²) in [5, 5.41) is 16.4.